The zero-order chi connectivity index (χ0) is 13.7. The standard InChI is InChI=1S/C13H22N2O2S2/c1-14-6-2-3-12-10-18-13(15-12)9-11-4-7-19(16,17)8-5-11/h10-11,14H,2-9H2,1H3. The molecule has 0 amide bonds. The first kappa shape index (κ1) is 14.9. The Labute approximate surface area is 119 Å². The number of aryl methyl sites for hydroxylation is 1. The predicted octanol–water partition coefficient (Wildman–Crippen LogP) is 1.66. The van der Waals surface area contributed by atoms with Crippen molar-refractivity contribution < 1.29 is 8.42 Å². The van der Waals surface area contributed by atoms with Gasteiger partial charge in [0.05, 0.1) is 22.2 Å². The smallest absolute Gasteiger partial charge is 0.150 e. The molecule has 0 bridgehead atoms. The summed E-state index contributed by atoms with van der Waals surface area (Å²) in [5.41, 5.74) is 1.18. The molecule has 1 fully saturated rings. The van der Waals surface area contributed by atoms with Crippen molar-refractivity contribution in [2.24, 2.45) is 5.92 Å². The summed E-state index contributed by atoms with van der Waals surface area (Å²) < 4.78 is 22.8. The minimum atomic E-state index is -2.74. The highest BCUT2D eigenvalue weighted by Gasteiger charge is 2.24. The van der Waals surface area contributed by atoms with E-state index in [1.807, 2.05) is 7.05 Å². The molecule has 1 aliphatic heterocycles. The average Bonchev–Trinajstić information content (AvgIpc) is 2.80. The maximum absolute atomic E-state index is 11.4. The van der Waals surface area contributed by atoms with Gasteiger partial charge in [-0.1, -0.05) is 0 Å². The van der Waals surface area contributed by atoms with Crippen LogP contribution in [0, 0.1) is 5.92 Å². The lowest BCUT2D eigenvalue weighted by Gasteiger charge is -2.20. The molecule has 1 aliphatic rings. The van der Waals surface area contributed by atoms with Gasteiger partial charge in [-0.3, -0.25) is 0 Å². The van der Waals surface area contributed by atoms with Crippen molar-refractivity contribution in [3.05, 3.63) is 16.1 Å². The molecule has 4 nitrogen and oxygen atoms in total. The third-order valence-electron chi connectivity index (χ3n) is 3.60. The van der Waals surface area contributed by atoms with E-state index < -0.39 is 9.84 Å². The second kappa shape index (κ2) is 6.81. The van der Waals surface area contributed by atoms with Crippen LogP contribution < -0.4 is 5.32 Å². The Hall–Kier alpha value is -0.460. The van der Waals surface area contributed by atoms with E-state index in [-0.39, 0.29) is 0 Å². The van der Waals surface area contributed by atoms with Gasteiger partial charge in [0.2, 0.25) is 0 Å². The van der Waals surface area contributed by atoms with Crippen molar-refractivity contribution in [2.75, 3.05) is 25.1 Å². The van der Waals surface area contributed by atoms with E-state index in [0.717, 1.165) is 38.6 Å². The van der Waals surface area contributed by atoms with Crippen molar-refractivity contribution in [2.45, 2.75) is 32.1 Å². The Morgan fingerprint density at radius 2 is 2.16 bits per heavy atom. The molecule has 0 aromatic carbocycles. The summed E-state index contributed by atoms with van der Waals surface area (Å²) in [6.45, 7) is 1.02. The summed E-state index contributed by atoms with van der Waals surface area (Å²) in [7, 11) is -0.780. The Morgan fingerprint density at radius 3 is 2.84 bits per heavy atom. The molecule has 0 atom stereocenters. The quantitative estimate of drug-likeness (QED) is 0.812. The van der Waals surface area contributed by atoms with Crippen molar-refractivity contribution in [3.8, 4) is 0 Å². The van der Waals surface area contributed by atoms with Crippen molar-refractivity contribution >= 4 is 21.2 Å². The fourth-order valence-electron chi connectivity index (χ4n) is 2.39. The molecule has 0 aliphatic carbocycles. The summed E-state index contributed by atoms with van der Waals surface area (Å²) >= 11 is 1.72. The molecule has 2 rings (SSSR count). The fraction of sp³-hybridized carbons (Fsp3) is 0.769. The molecule has 1 aromatic heterocycles. The highest BCUT2D eigenvalue weighted by Crippen LogP contribution is 2.24. The third kappa shape index (κ3) is 4.85. The molecule has 1 aromatic rings. The van der Waals surface area contributed by atoms with Crippen LogP contribution in [-0.2, 0) is 22.7 Å². The lowest BCUT2D eigenvalue weighted by Crippen LogP contribution is -2.24. The van der Waals surface area contributed by atoms with Gasteiger partial charge in [-0.2, -0.15) is 0 Å². The second-order valence-corrected chi connectivity index (χ2v) is 8.49. The summed E-state index contributed by atoms with van der Waals surface area (Å²) in [4.78, 5) is 4.65. The number of sulfone groups is 1. The molecule has 0 spiro atoms. The largest absolute Gasteiger partial charge is 0.320 e. The van der Waals surface area contributed by atoms with Crippen LogP contribution in [0.4, 0.5) is 0 Å². The van der Waals surface area contributed by atoms with Crippen LogP contribution in [0.1, 0.15) is 30.0 Å². The number of rotatable bonds is 6. The van der Waals surface area contributed by atoms with E-state index in [9.17, 15) is 8.42 Å². The van der Waals surface area contributed by atoms with E-state index >= 15 is 0 Å². The van der Waals surface area contributed by atoms with Gasteiger partial charge < -0.3 is 5.32 Å². The van der Waals surface area contributed by atoms with E-state index in [1.165, 1.54) is 10.7 Å². The summed E-state index contributed by atoms with van der Waals surface area (Å²) in [5, 5.41) is 6.45. The highest BCUT2D eigenvalue weighted by molar-refractivity contribution is 7.91. The number of hydrogen-bond acceptors (Lipinski definition) is 5. The van der Waals surface area contributed by atoms with Gasteiger partial charge >= 0.3 is 0 Å². The topological polar surface area (TPSA) is 59.1 Å². The molecule has 2 heterocycles. The maximum atomic E-state index is 11.4. The Balaban J connectivity index is 1.80. The normalized spacial score (nSPS) is 19.6. The molecule has 0 radical (unpaired) electrons. The van der Waals surface area contributed by atoms with E-state index in [1.54, 1.807) is 11.3 Å². The van der Waals surface area contributed by atoms with Crippen LogP contribution in [-0.4, -0.2) is 38.5 Å². The molecule has 0 saturated carbocycles. The fourth-order valence-corrected chi connectivity index (χ4v) is 4.93. The maximum Gasteiger partial charge on any atom is 0.150 e. The number of hydrogen-bond donors (Lipinski definition) is 1. The zero-order valence-corrected chi connectivity index (χ0v) is 13.0. The summed E-state index contributed by atoms with van der Waals surface area (Å²) in [5.74, 6) is 1.22. The second-order valence-electron chi connectivity index (χ2n) is 5.24. The Kier molecular flexibility index (Phi) is 5.36. The van der Waals surface area contributed by atoms with Gasteiger partial charge in [0.25, 0.3) is 0 Å². The van der Waals surface area contributed by atoms with Crippen LogP contribution in [0.3, 0.4) is 0 Å². The minimum Gasteiger partial charge on any atom is -0.320 e. The first-order chi connectivity index (χ1) is 9.09. The summed E-state index contributed by atoms with van der Waals surface area (Å²) in [6.07, 6.45) is 4.69. The van der Waals surface area contributed by atoms with Crippen LogP contribution in [0.15, 0.2) is 5.38 Å². The van der Waals surface area contributed by atoms with Crippen LogP contribution in [0.5, 0.6) is 0 Å². The molecule has 6 heteroatoms. The molecule has 1 saturated heterocycles. The predicted molar refractivity (Wildman–Crippen MR) is 79.4 cm³/mol. The lowest BCUT2D eigenvalue weighted by atomic mass is 9.99. The number of nitrogens with zero attached hydrogens (tertiary/aromatic N) is 1. The van der Waals surface area contributed by atoms with Gasteiger partial charge in [0, 0.05) is 11.8 Å². The zero-order valence-electron chi connectivity index (χ0n) is 11.4. The summed E-state index contributed by atoms with van der Waals surface area (Å²) in [6, 6.07) is 0. The van der Waals surface area contributed by atoms with Crippen molar-refractivity contribution in [3.63, 3.8) is 0 Å². The highest BCUT2D eigenvalue weighted by atomic mass is 32.2. The van der Waals surface area contributed by atoms with Gasteiger partial charge in [0.15, 0.2) is 0 Å². The molecule has 108 valence electrons. The Bertz CT molecular complexity index is 482. The molecular formula is C13H22N2O2S2. The monoisotopic (exact) mass is 302 g/mol. The van der Waals surface area contributed by atoms with Crippen LogP contribution >= 0.6 is 11.3 Å². The van der Waals surface area contributed by atoms with Crippen molar-refractivity contribution in [1.82, 2.24) is 10.3 Å². The third-order valence-corrected chi connectivity index (χ3v) is 6.23. The van der Waals surface area contributed by atoms with Gasteiger partial charge in [-0.25, -0.2) is 13.4 Å². The number of aromatic nitrogens is 1. The average molecular weight is 302 g/mol. The molecular weight excluding hydrogens is 280 g/mol. The Morgan fingerprint density at radius 1 is 1.42 bits per heavy atom. The van der Waals surface area contributed by atoms with Crippen LogP contribution in [0.25, 0.3) is 0 Å². The SMILES string of the molecule is CNCCCc1csc(CC2CCS(=O)(=O)CC2)n1. The number of nitrogens with one attached hydrogen (secondary N) is 1. The first-order valence-electron chi connectivity index (χ1n) is 6.87. The van der Waals surface area contributed by atoms with Crippen LogP contribution in [0.2, 0.25) is 0 Å². The van der Waals surface area contributed by atoms with Gasteiger partial charge in [-0.05, 0) is 45.2 Å². The lowest BCUT2D eigenvalue weighted by molar-refractivity contribution is 0.462. The first-order valence-corrected chi connectivity index (χ1v) is 9.57. The molecule has 1 N–H and O–H groups in total. The van der Waals surface area contributed by atoms with E-state index in [0.29, 0.717) is 17.4 Å². The van der Waals surface area contributed by atoms with E-state index in [2.05, 4.69) is 15.7 Å². The minimum absolute atomic E-state index is 0.359. The molecule has 0 unspecified atom stereocenters. The van der Waals surface area contributed by atoms with E-state index in [4.69, 9.17) is 0 Å². The number of thiazole rings is 1. The van der Waals surface area contributed by atoms with Gasteiger partial charge in [-0.15, -0.1) is 11.3 Å². The molecule has 19 heavy (non-hydrogen) atoms. The van der Waals surface area contributed by atoms with Gasteiger partial charge in [0.1, 0.15) is 9.84 Å². The van der Waals surface area contributed by atoms with Crippen molar-refractivity contribution in [1.29, 1.82) is 0 Å².